The summed E-state index contributed by atoms with van der Waals surface area (Å²) in [6.07, 6.45) is 1.83. The van der Waals surface area contributed by atoms with Gasteiger partial charge < -0.3 is 19.9 Å². The number of nitrogens with zero attached hydrogens (tertiary/aromatic N) is 4. The summed E-state index contributed by atoms with van der Waals surface area (Å²) in [6, 6.07) is 7.28. The van der Waals surface area contributed by atoms with Crippen molar-refractivity contribution < 1.29 is 18.3 Å². The van der Waals surface area contributed by atoms with Gasteiger partial charge in [-0.05, 0) is 24.6 Å². The number of halogens is 2. The van der Waals surface area contributed by atoms with Gasteiger partial charge in [-0.2, -0.15) is 4.98 Å². The Hall–Kier alpha value is -2.97. The van der Waals surface area contributed by atoms with E-state index in [1.165, 1.54) is 6.20 Å². The van der Waals surface area contributed by atoms with Crippen LogP contribution in [0.25, 0.3) is 0 Å². The lowest BCUT2D eigenvalue weighted by atomic mass is 10.0. The number of benzene rings is 1. The van der Waals surface area contributed by atoms with Crippen LogP contribution in [0.1, 0.15) is 24.8 Å². The lowest BCUT2D eigenvalue weighted by Crippen LogP contribution is -2.29. The van der Waals surface area contributed by atoms with Crippen LogP contribution in [0, 0.1) is 5.82 Å². The number of carbonyl (C=O) groups is 1. The number of anilines is 2. The summed E-state index contributed by atoms with van der Waals surface area (Å²) >= 11 is 0. The summed E-state index contributed by atoms with van der Waals surface area (Å²) in [7, 11) is 3.62. The number of hydrogen-bond donors (Lipinski definition) is 1. The van der Waals surface area contributed by atoms with Crippen LogP contribution in [-0.4, -0.2) is 62.4 Å². The SMILES string of the molecule is CC(C(=O)NCCF)c1ccc(OC2CCN(c3nc(N(C)C)ncc3F)C2)cc1. The van der Waals surface area contributed by atoms with Crippen LogP contribution in [-0.2, 0) is 4.79 Å². The summed E-state index contributed by atoms with van der Waals surface area (Å²) in [6.45, 7) is 2.36. The van der Waals surface area contributed by atoms with Crippen molar-refractivity contribution in [2.24, 2.45) is 0 Å². The molecule has 1 aliphatic rings. The van der Waals surface area contributed by atoms with Gasteiger partial charge in [0.2, 0.25) is 11.9 Å². The molecule has 3 rings (SSSR count). The molecule has 1 aromatic heterocycles. The van der Waals surface area contributed by atoms with Gasteiger partial charge in [-0.25, -0.2) is 13.8 Å². The first-order valence-electron chi connectivity index (χ1n) is 9.94. The molecule has 2 aromatic rings. The van der Waals surface area contributed by atoms with Gasteiger partial charge in [0.25, 0.3) is 0 Å². The van der Waals surface area contributed by atoms with E-state index in [9.17, 15) is 13.6 Å². The van der Waals surface area contributed by atoms with Gasteiger partial charge in [0, 0.05) is 33.6 Å². The van der Waals surface area contributed by atoms with Crippen molar-refractivity contribution in [2.45, 2.75) is 25.4 Å². The van der Waals surface area contributed by atoms with Gasteiger partial charge in [-0.1, -0.05) is 12.1 Å². The average molecular weight is 419 g/mol. The summed E-state index contributed by atoms with van der Waals surface area (Å²) in [4.78, 5) is 23.9. The van der Waals surface area contributed by atoms with E-state index in [4.69, 9.17) is 4.74 Å². The average Bonchev–Trinajstić information content (AvgIpc) is 3.20. The van der Waals surface area contributed by atoms with Gasteiger partial charge in [-0.15, -0.1) is 0 Å². The Morgan fingerprint density at radius 1 is 1.37 bits per heavy atom. The number of ether oxygens (including phenoxy) is 1. The fourth-order valence-corrected chi connectivity index (χ4v) is 3.31. The number of aromatic nitrogens is 2. The van der Waals surface area contributed by atoms with Crippen molar-refractivity contribution in [3.05, 3.63) is 41.8 Å². The van der Waals surface area contributed by atoms with Gasteiger partial charge in [0.1, 0.15) is 18.5 Å². The number of alkyl halides is 1. The molecule has 9 heteroatoms. The first-order chi connectivity index (χ1) is 14.4. The molecule has 162 valence electrons. The summed E-state index contributed by atoms with van der Waals surface area (Å²) in [5, 5.41) is 2.55. The van der Waals surface area contributed by atoms with Crippen molar-refractivity contribution in [1.82, 2.24) is 15.3 Å². The zero-order valence-corrected chi connectivity index (χ0v) is 17.4. The fraction of sp³-hybridized carbons (Fsp3) is 0.476. The molecule has 2 heterocycles. The van der Waals surface area contributed by atoms with Crippen LogP contribution < -0.4 is 19.9 Å². The molecule has 0 saturated carbocycles. The molecule has 1 aliphatic heterocycles. The Balaban J connectivity index is 1.59. The molecule has 1 amide bonds. The second-order valence-electron chi connectivity index (χ2n) is 7.48. The highest BCUT2D eigenvalue weighted by atomic mass is 19.1. The zero-order chi connectivity index (χ0) is 21.7. The maximum atomic E-state index is 14.2. The van der Waals surface area contributed by atoms with E-state index in [1.807, 2.05) is 43.3 Å². The van der Waals surface area contributed by atoms with Gasteiger partial charge in [0.15, 0.2) is 11.6 Å². The van der Waals surface area contributed by atoms with E-state index in [0.29, 0.717) is 24.8 Å². The molecule has 2 atom stereocenters. The van der Waals surface area contributed by atoms with Gasteiger partial charge in [0.05, 0.1) is 18.7 Å². The van der Waals surface area contributed by atoms with E-state index in [2.05, 4.69) is 15.3 Å². The standard InChI is InChI=1S/C21H27F2N5O2/c1-14(20(29)24-10-9-22)15-4-6-16(7-5-15)30-17-8-11-28(13-17)19-18(23)12-25-21(26-19)27(2)3/h4-7,12,14,17H,8-11,13H2,1-3H3,(H,24,29). The van der Waals surface area contributed by atoms with E-state index >= 15 is 0 Å². The third-order valence-corrected chi connectivity index (χ3v) is 5.03. The van der Waals surface area contributed by atoms with Crippen molar-refractivity contribution in [3.63, 3.8) is 0 Å². The number of amides is 1. The minimum atomic E-state index is -0.584. The maximum absolute atomic E-state index is 14.2. The highest BCUT2D eigenvalue weighted by molar-refractivity contribution is 5.83. The second-order valence-corrected chi connectivity index (χ2v) is 7.48. The Kier molecular flexibility index (Phi) is 7.02. The monoisotopic (exact) mass is 419 g/mol. The molecule has 0 spiro atoms. The lowest BCUT2D eigenvalue weighted by molar-refractivity contribution is -0.122. The van der Waals surface area contributed by atoms with Gasteiger partial charge >= 0.3 is 0 Å². The Labute approximate surface area is 175 Å². The predicted octanol–water partition coefficient (Wildman–Crippen LogP) is 2.53. The van der Waals surface area contributed by atoms with E-state index < -0.39 is 12.5 Å². The van der Waals surface area contributed by atoms with Crippen LogP contribution in [0.2, 0.25) is 0 Å². The minimum absolute atomic E-state index is 0.0194. The van der Waals surface area contributed by atoms with Crippen LogP contribution in [0.15, 0.2) is 30.5 Å². The molecule has 30 heavy (non-hydrogen) atoms. The van der Waals surface area contributed by atoms with Crippen molar-refractivity contribution in [1.29, 1.82) is 0 Å². The van der Waals surface area contributed by atoms with Crippen LogP contribution in [0.3, 0.4) is 0 Å². The molecule has 2 unspecified atom stereocenters. The summed E-state index contributed by atoms with van der Waals surface area (Å²) in [5.41, 5.74) is 0.825. The Bertz CT molecular complexity index is 863. The quantitative estimate of drug-likeness (QED) is 0.709. The second kappa shape index (κ2) is 9.69. The molecule has 1 N–H and O–H groups in total. The molecular weight excluding hydrogens is 392 g/mol. The molecule has 0 aliphatic carbocycles. The lowest BCUT2D eigenvalue weighted by Gasteiger charge is -2.20. The fourth-order valence-electron chi connectivity index (χ4n) is 3.31. The van der Waals surface area contributed by atoms with Crippen LogP contribution in [0.4, 0.5) is 20.5 Å². The molecule has 1 fully saturated rings. The molecule has 0 bridgehead atoms. The van der Waals surface area contributed by atoms with Crippen LogP contribution in [0.5, 0.6) is 5.75 Å². The first-order valence-corrected chi connectivity index (χ1v) is 9.94. The molecular formula is C21H27F2N5O2. The Morgan fingerprint density at radius 2 is 2.10 bits per heavy atom. The third-order valence-electron chi connectivity index (χ3n) is 5.03. The van der Waals surface area contributed by atoms with Crippen molar-refractivity contribution in [2.75, 3.05) is 50.2 Å². The highest BCUT2D eigenvalue weighted by Gasteiger charge is 2.27. The summed E-state index contributed by atoms with van der Waals surface area (Å²) < 4.78 is 32.5. The molecule has 0 radical (unpaired) electrons. The largest absolute Gasteiger partial charge is 0.489 e. The van der Waals surface area contributed by atoms with Crippen LogP contribution >= 0.6 is 0 Å². The van der Waals surface area contributed by atoms with Crippen molar-refractivity contribution in [3.8, 4) is 5.75 Å². The van der Waals surface area contributed by atoms with E-state index in [-0.39, 0.29) is 30.3 Å². The minimum Gasteiger partial charge on any atom is -0.489 e. The first kappa shape index (κ1) is 21.7. The van der Waals surface area contributed by atoms with E-state index in [1.54, 1.807) is 11.8 Å². The smallest absolute Gasteiger partial charge is 0.227 e. The number of rotatable bonds is 8. The zero-order valence-electron chi connectivity index (χ0n) is 17.4. The molecule has 7 nitrogen and oxygen atoms in total. The van der Waals surface area contributed by atoms with E-state index in [0.717, 1.165) is 12.0 Å². The third kappa shape index (κ3) is 5.14. The normalized spacial score (nSPS) is 17.0. The highest BCUT2D eigenvalue weighted by Crippen LogP contribution is 2.26. The Morgan fingerprint density at radius 3 is 2.77 bits per heavy atom. The summed E-state index contributed by atoms with van der Waals surface area (Å²) in [5.74, 6) is 0.375. The molecule has 1 saturated heterocycles. The molecule has 1 aromatic carbocycles. The maximum Gasteiger partial charge on any atom is 0.227 e. The number of hydrogen-bond acceptors (Lipinski definition) is 6. The number of nitrogens with one attached hydrogen (secondary N) is 1. The number of carbonyl (C=O) groups excluding carboxylic acids is 1. The van der Waals surface area contributed by atoms with Gasteiger partial charge in [-0.3, -0.25) is 4.79 Å². The van der Waals surface area contributed by atoms with Crippen molar-refractivity contribution >= 4 is 17.7 Å². The topological polar surface area (TPSA) is 70.6 Å². The predicted molar refractivity (Wildman–Crippen MR) is 111 cm³/mol.